The Kier molecular flexibility index (Phi) is 6.77. The van der Waals surface area contributed by atoms with Crippen molar-refractivity contribution in [2.45, 2.75) is 115 Å². The first-order valence-electron chi connectivity index (χ1n) is 15.3. The van der Waals surface area contributed by atoms with Gasteiger partial charge in [-0.05, 0) is 85.8 Å². The number of fused-ring (bicyclic) bond motifs is 4. The Morgan fingerprint density at radius 3 is 2.41 bits per heavy atom. The minimum Gasteiger partial charge on any atom is -0.482 e. The molecule has 9 nitrogen and oxygen atoms in total. The maximum absolute atomic E-state index is 13.0. The van der Waals surface area contributed by atoms with Crippen LogP contribution in [0.5, 0.6) is 5.75 Å². The van der Waals surface area contributed by atoms with Crippen molar-refractivity contribution < 1.29 is 19.1 Å². The van der Waals surface area contributed by atoms with Crippen molar-refractivity contribution in [1.82, 2.24) is 24.9 Å². The number of carbonyl (C=O) groups excluding carboxylic acids is 2. The summed E-state index contributed by atoms with van der Waals surface area (Å²) in [5, 5.41) is 8.48. The van der Waals surface area contributed by atoms with Crippen LogP contribution < -0.4 is 10.1 Å². The van der Waals surface area contributed by atoms with Gasteiger partial charge in [0.15, 0.2) is 0 Å². The minimum atomic E-state index is -0.531. The second-order valence-electron chi connectivity index (χ2n) is 14.0. The molecule has 1 aromatic carbocycles. The Bertz CT molecular complexity index is 1330. The molecule has 41 heavy (non-hydrogen) atoms. The first-order chi connectivity index (χ1) is 19.4. The van der Waals surface area contributed by atoms with Gasteiger partial charge in [-0.3, -0.25) is 4.68 Å². The van der Waals surface area contributed by atoms with Gasteiger partial charge in [-0.1, -0.05) is 12.1 Å². The molecule has 1 aromatic heterocycles. The molecule has 2 aromatic rings. The fourth-order valence-corrected chi connectivity index (χ4v) is 7.10. The van der Waals surface area contributed by atoms with E-state index in [0.29, 0.717) is 25.7 Å². The SMILES string of the molecule is Cc1c2c(nn1[C@@H]1CCN(C(=O)OC(C)(C)C)C(C)(C)C1)-c1ccccc1OC21CCN(C(=O)NC2CCC2)CC1. The van der Waals surface area contributed by atoms with Gasteiger partial charge in [0.25, 0.3) is 0 Å². The Hall–Kier alpha value is -3.23. The molecule has 1 saturated carbocycles. The summed E-state index contributed by atoms with van der Waals surface area (Å²) in [4.78, 5) is 29.8. The van der Waals surface area contributed by atoms with E-state index >= 15 is 0 Å². The molecule has 9 heteroatoms. The standard InChI is InChI=1S/C32H45N5O4/c1-21-26-27(34-37(21)23-14-17-36(31(5,6)20-23)29(39)41-30(2,3)4)24-12-7-8-13-25(24)40-32(26)15-18-35(19-16-32)28(38)33-22-10-9-11-22/h7-8,12-13,22-23H,9-11,14-20H2,1-6H3,(H,33,38)/t23-/m1/s1. The summed E-state index contributed by atoms with van der Waals surface area (Å²) in [5.41, 5.74) is 2.85. The number of benzene rings is 1. The van der Waals surface area contributed by atoms with Gasteiger partial charge in [-0.2, -0.15) is 5.10 Å². The van der Waals surface area contributed by atoms with Crippen molar-refractivity contribution in [2.75, 3.05) is 19.6 Å². The molecule has 3 fully saturated rings. The quantitative estimate of drug-likeness (QED) is 0.473. The van der Waals surface area contributed by atoms with E-state index in [2.05, 4.69) is 36.8 Å². The molecule has 6 rings (SSSR count). The number of hydrogen-bond acceptors (Lipinski definition) is 5. The van der Waals surface area contributed by atoms with Crippen molar-refractivity contribution in [1.29, 1.82) is 0 Å². The molecule has 1 spiro atoms. The Labute approximate surface area is 243 Å². The van der Waals surface area contributed by atoms with Gasteiger partial charge in [0.1, 0.15) is 22.6 Å². The number of ether oxygens (including phenoxy) is 2. The number of nitrogens with one attached hydrogen (secondary N) is 1. The Balaban J connectivity index is 1.27. The van der Waals surface area contributed by atoms with E-state index < -0.39 is 11.2 Å². The lowest BCUT2D eigenvalue weighted by molar-refractivity contribution is -0.0145. The average molecular weight is 564 g/mol. The lowest BCUT2D eigenvalue weighted by Crippen LogP contribution is -2.54. The van der Waals surface area contributed by atoms with Crippen LogP contribution in [-0.4, -0.2) is 68.5 Å². The van der Waals surface area contributed by atoms with Gasteiger partial charge < -0.3 is 24.6 Å². The molecule has 0 bridgehead atoms. The lowest BCUT2D eigenvalue weighted by atomic mass is 9.79. The maximum atomic E-state index is 13.0. The number of hydrogen-bond donors (Lipinski definition) is 1. The summed E-state index contributed by atoms with van der Waals surface area (Å²) in [6, 6.07) is 8.69. The zero-order valence-electron chi connectivity index (χ0n) is 25.5. The molecule has 1 N–H and O–H groups in total. The first-order valence-corrected chi connectivity index (χ1v) is 15.3. The van der Waals surface area contributed by atoms with Gasteiger partial charge in [-0.15, -0.1) is 0 Å². The molecular weight excluding hydrogens is 518 g/mol. The average Bonchev–Trinajstić information content (AvgIpc) is 3.23. The third-order valence-corrected chi connectivity index (χ3v) is 9.46. The van der Waals surface area contributed by atoms with Crippen LogP contribution in [0.15, 0.2) is 24.3 Å². The number of carbonyl (C=O) groups is 2. The zero-order chi connectivity index (χ0) is 29.2. The van der Waals surface area contributed by atoms with Crippen LogP contribution in [0.1, 0.15) is 96.9 Å². The van der Waals surface area contributed by atoms with Crippen molar-refractivity contribution in [3.8, 4) is 17.0 Å². The molecule has 3 amide bonds. The molecule has 222 valence electrons. The fraction of sp³-hybridized carbons (Fsp3) is 0.656. The van der Waals surface area contributed by atoms with Crippen molar-refractivity contribution in [2.24, 2.45) is 0 Å². The number of rotatable bonds is 2. The predicted octanol–water partition coefficient (Wildman–Crippen LogP) is 6.15. The van der Waals surface area contributed by atoms with Crippen LogP contribution in [0.2, 0.25) is 0 Å². The lowest BCUT2D eigenvalue weighted by Gasteiger charge is -2.46. The smallest absolute Gasteiger partial charge is 0.410 e. The van der Waals surface area contributed by atoms with Gasteiger partial charge in [0, 0.05) is 60.9 Å². The number of amides is 3. The second-order valence-corrected chi connectivity index (χ2v) is 14.0. The fourth-order valence-electron chi connectivity index (χ4n) is 7.10. The van der Waals surface area contributed by atoms with E-state index in [9.17, 15) is 9.59 Å². The summed E-state index contributed by atoms with van der Waals surface area (Å²) in [6.45, 7) is 14.0. The third kappa shape index (κ3) is 5.06. The van der Waals surface area contributed by atoms with E-state index in [4.69, 9.17) is 14.6 Å². The molecule has 4 aliphatic rings. The number of para-hydroxylation sites is 1. The normalized spacial score (nSPS) is 23.2. The van der Waals surface area contributed by atoms with Crippen LogP contribution in [0.3, 0.4) is 0 Å². The predicted molar refractivity (Wildman–Crippen MR) is 157 cm³/mol. The van der Waals surface area contributed by atoms with Crippen molar-refractivity contribution in [3.63, 3.8) is 0 Å². The van der Waals surface area contributed by atoms with Gasteiger partial charge in [0.2, 0.25) is 0 Å². The number of nitrogens with zero attached hydrogens (tertiary/aromatic N) is 4. The number of aromatic nitrogens is 2. The minimum absolute atomic E-state index is 0.0485. The number of likely N-dealkylation sites (tertiary alicyclic amines) is 2. The topological polar surface area (TPSA) is 88.9 Å². The van der Waals surface area contributed by atoms with E-state index in [0.717, 1.165) is 66.8 Å². The zero-order valence-corrected chi connectivity index (χ0v) is 25.5. The van der Waals surface area contributed by atoms with E-state index in [-0.39, 0.29) is 23.7 Å². The number of piperidine rings is 2. The summed E-state index contributed by atoms with van der Waals surface area (Å²) in [7, 11) is 0. The van der Waals surface area contributed by atoms with E-state index in [1.54, 1.807) is 0 Å². The van der Waals surface area contributed by atoms with Gasteiger partial charge in [0.05, 0.1) is 6.04 Å². The van der Waals surface area contributed by atoms with Gasteiger partial charge in [-0.25, -0.2) is 9.59 Å². The molecule has 0 unspecified atom stereocenters. The van der Waals surface area contributed by atoms with Crippen LogP contribution in [0.25, 0.3) is 11.3 Å². The molecular formula is C32H45N5O4. The van der Waals surface area contributed by atoms with Crippen LogP contribution in [0, 0.1) is 6.92 Å². The highest BCUT2D eigenvalue weighted by Gasteiger charge is 2.49. The molecule has 2 saturated heterocycles. The van der Waals surface area contributed by atoms with Crippen molar-refractivity contribution in [3.05, 3.63) is 35.5 Å². The molecule has 0 radical (unpaired) electrons. The van der Waals surface area contributed by atoms with Crippen LogP contribution in [-0.2, 0) is 10.3 Å². The second kappa shape index (κ2) is 9.95. The highest BCUT2D eigenvalue weighted by Crippen LogP contribution is 2.51. The number of urea groups is 1. The highest BCUT2D eigenvalue weighted by atomic mass is 16.6. The largest absolute Gasteiger partial charge is 0.482 e. The molecule has 1 atom stereocenters. The first kappa shape index (κ1) is 27.9. The third-order valence-electron chi connectivity index (χ3n) is 9.46. The molecule has 4 heterocycles. The monoisotopic (exact) mass is 563 g/mol. The summed E-state index contributed by atoms with van der Waals surface area (Å²) in [5.74, 6) is 0.858. The van der Waals surface area contributed by atoms with Gasteiger partial charge >= 0.3 is 12.1 Å². The highest BCUT2D eigenvalue weighted by molar-refractivity contribution is 5.76. The maximum Gasteiger partial charge on any atom is 0.410 e. The molecule has 3 aliphatic heterocycles. The summed E-state index contributed by atoms with van der Waals surface area (Å²) >= 11 is 0. The summed E-state index contributed by atoms with van der Waals surface area (Å²) < 4.78 is 14.8. The van der Waals surface area contributed by atoms with Crippen LogP contribution >= 0.6 is 0 Å². The van der Waals surface area contributed by atoms with Crippen LogP contribution in [0.4, 0.5) is 9.59 Å². The Morgan fingerprint density at radius 2 is 1.78 bits per heavy atom. The Morgan fingerprint density at radius 1 is 1.07 bits per heavy atom. The van der Waals surface area contributed by atoms with E-state index in [1.807, 2.05) is 48.8 Å². The molecule has 1 aliphatic carbocycles. The summed E-state index contributed by atoms with van der Waals surface area (Å²) in [6.07, 6.45) is 6.13. The van der Waals surface area contributed by atoms with E-state index in [1.165, 1.54) is 6.42 Å². The van der Waals surface area contributed by atoms with Crippen molar-refractivity contribution >= 4 is 12.1 Å².